The average Bonchev–Trinajstić information content (AvgIpc) is 2.65. The molecule has 6 N–H and O–H groups in total. The topological polar surface area (TPSA) is 158 Å². The van der Waals surface area contributed by atoms with Crippen molar-refractivity contribution in [2.75, 3.05) is 17.2 Å². The fourth-order valence-electron chi connectivity index (χ4n) is 2.75. The quantitative estimate of drug-likeness (QED) is 0.546. The van der Waals surface area contributed by atoms with E-state index in [0.717, 1.165) is 23.2 Å². The van der Waals surface area contributed by atoms with Crippen molar-refractivity contribution >= 4 is 29.3 Å². The smallest absolute Gasteiger partial charge is 0.273 e. The van der Waals surface area contributed by atoms with Gasteiger partial charge in [-0.15, -0.1) is 10.2 Å². The fourth-order valence-corrected chi connectivity index (χ4v) is 2.75. The van der Waals surface area contributed by atoms with Crippen LogP contribution in [0.1, 0.15) is 35.0 Å². The second-order valence-electron chi connectivity index (χ2n) is 6.12. The number of benzene rings is 1. The van der Waals surface area contributed by atoms with E-state index in [1.807, 2.05) is 18.2 Å². The van der Waals surface area contributed by atoms with Crippen LogP contribution in [-0.2, 0) is 22.6 Å². The minimum atomic E-state index is -0.766. The van der Waals surface area contributed by atoms with E-state index in [2.05, 4.69) is 25.8 Å². The van der Waals surface area contributed by atoms with Crippen molar-refractivity contribution in [2.24, 2.45) is 11.5 Å². The van der Waals surface area contributed by atoms with Crippen molar-refractivity contribution in [3.63, 3.8) is 0 Å². The lowest BCUT2D eigenvalue weighted by atomic mass is 10.0. The highest BCUT2D eigenvalue weighted by Gasteiger charge is 2.19. The van der Waals surface area contributed by atoms with Crippen LogP contribution in [0, 0.1) is 0 Å². The Balaban J connectivity index is 1.89. The molecule has 0 bridgehead atoms. The Labute approximate surface area is 155 Å². The molecule has 1 aliphatic heterocycles. The highest BCUT2D eigenvalue weighted by molar-refractivity contribution is 5.96. The lowest BCUT2D eigenvalue weighted by Gasteiger charge is -2.18. The van der Waals surface area contributed by atoms with E-state index in [-0.39, 0.29) is 17.5 Å². The third kappa shape index (κ3) is 4.29. The van der Waals surface area contributed by atoms with Gasteiger partial charge in [0.15, 0.2) is 11.5 Å². The number of primary amides is 2. The summed E-state index contributed by atoms with van der Waals surface area (Å²) in [6.07, 6.45) is 1.26. The number of anilines is 3. The zero-order chi connectivity index (χ0) is 19.4. The number of aromatic nitrogens is 3. The van der Waals surface area contributed by atoms with Gasteiger partial charge in [-0.3, -0.25) is 9.59 Å². The van der Waals surface area contributed by atoms with Gasteiger partial charge in [-0.2, -0.15) is 4.98 Å². The van der Waals surface area contributed by atoms with Crippen LogP contribution >= 0.6 is 0 Å². The van der Waals surface area contributed by atoms with Crippen molar-refractivity contribution in [2.45, 2.75) is 32.4 Å². The van der Waals surface area contributed by atoms with Crippen LogP contribution in [0.5, 0.6) is 0 Å². The van der Waals surface area contributed by atoms with Crippen LogP contribution in [0.2, 0.25) is 0 Å². The first-order valence-electron chi connectivity index (χ1n) is 8.55. The molecule has 142 valence electrons. The minimum Gasteiger partial charge on any atom is -0.376 e. The Morgan fingerprint density at radius 3 is 2.78 bits per heavy atom. The SMILES string of the molecule is CC[C@@H](Nc1nnc(C(N)=O)c(Nc2ccc3c(c2)CCOC3)n1)C(N)=O. The number of fused-ring (bicyclic) bond motifs is 1. The molecule has 0 saturated carbocycles. The van der Waals surface area contributed by atoms with Crippen LogP contribution in [-0.4, -0.2) is 39.6 Å². The number of amides is 2. The van der Waals surface area contributed by atoms with Gasteiger partial charge in [-0.1, -0.05) is 13.0 Å². The van der Waals surface area contributed by atoms with E-state index in [1.165, 1.54) is 0 Å². The molecule has 0 radical (unpaired) electrons. The molecule has 2 aromatic rings. The molecule has 2 amide bonds. The molecule has 3 rings (SSSR count). The maximum atomic E-state index is 11.7. The molecule has 0 unspecified atom stereocenters. The normalized spacial score (nSPS) is 14.1. The Bertz CT molecular complexity index is 872. The van der Waals surface area contributed by atoms with Gasteiger partial charge in [0.2, 0.25) is 11.9 Å². The number of nitrogens with two attached hydrogens (primary N) is 2. The molecule has 1 aliphatic rings. The number of carbonyl (C=O) groups is 2. The number of carbonyl (C=O) groups excluding carboxylic acids is 2. The molecule has 10 nitrogen and oxygen atoms in total. The van der Waals surface area contributed by atoms with E-state index in [0.29, 0.717) is 19.6 Å². The van der Waals surface area contributed by atoms with Gasteiger partial charge < -0.3 is 26.8 Å². The third-order valence-corrected chi connectivity index (χ3v) is 4.22. The van der Waals surface area contributed by atoms with E-state index in [9.17, 15) is 9.59 Å². The Hall–Kier alpha value is -3.27. The van der Waals surface area contributed by atoms with E-state index in [4.69, 9.17) is 16.2 Å². The second kappa shape index (κ2) is 7.96. The van der Waals surface area contributed by atoms with Crippen LogP contribution in [0.15, 0.2) is 18.2 Å². The number of rotatable bonds is 7. The average molecular weight is 371 g/mol. The first-order chi connectivity index (χ1) is 13.0. The van der Waals surface area contributed by atoms with Crippen molar-refractivity contribution in [1.82, 2.24) is 15.2 Å². The molecule has 2 heterocycles. The third-order valence-electron chi connectivity index (χ3n) is 4.22. The number of nitrogens with one attached hydrogen (secondary N) is 2. The van der Waals surface area contributed by atoms with E-state index < -0.39 is 17.9 Å². The summed E-state index contributed by atoms with van der Waals surface area (Å²) >= 11 is 0. The lowest BCUT2D eigenvalue weighted by molar-refractivity contribution is -0.118. The van der Waals surface area contributed by atoms with Gasteiger partial charge in [0.1, 0.15) is 6.04 Å². The summed E-state index contributed by atoms with van der Waals surface area (Å²) < 4.78 is 5.43. The van der Waals surface area contributed by atoms with Gasteiger partial charge in [0, 0.05) is 5.69 Å². The van der Waals surface area contributed by atoms with Gasteiger partial charge in [0.25, 0.3) is 5.91 Å². The predicted octanol–water partition coefficient (Wildman–Crippen LogP) is 0.463. The van der Waals surface area contributed by atoms with Gasteiger partial charge in [-0.25, -0.2) is 0 Å². The van der Waals surface area contributed by atoms with Crippen LogP contribution in [0.4, 0.5) is 17.5 Å². The Kier molecular flexibility index (Phi) is 5.46. The maximum absolute atomic E-state index is 11.7. The zero-order valence-electron chi connectivity index (χ0n) is 14.9. The zero-order valence-corrected chi connectivity index (χ0v) is 14.9. The largest absolute Gasteiger partial charge is 0.376 e. The second-order valence-corrected chi connectivity index (χ2v) is 6.12. The van der Waals surface area contributed by atoms with Crippen molar-refractivity contribution in [3.8, 4) is 0 Å². The molecule has 0 spiro atoms. The molecule has 27 heavy (non-hydrogen) atoms. The molecule has 10 heteroatoms. The molecule has 0 aliphatic carbocycles. The predicted molar refractivity (Wildman–Crippen MR) is 98.3 cm³/mol. The van der Waals surface area contributed by atoms with Gasteiger partial charge >= 0.3 is 0 Å². The lowest BCUT2D eigenvalue weighted by Crippen LogP contribution is -2.35. The van der Waals surface area contributed by atoms with Gasteiger partial charge in [-0.05, 0) is 36.1 Å². The van der Waals surface area contributed by atoms with E-state index >= 15 is 0 Å². The first-order valence-corrected chi connectivity index (χ1v) is 8.55. The summed E-state index contributed by atoms with van der Waals surface area (Å²) in [6.45, 7) is 3.04. The van der Waals surface area contributed by atoms with Crippen molar-refractivity contribution in [1.29, 1.82) is 0 Å². The van der Waals surface area contributed by atoms with Crippen LogP contribution in [0.25, 0.3) is 0 Å². The van der Waals surface area contributed by atoms with Crippen LogP contribution < -0.4 is 22.1 Å². The summed E-state index contributed by atoms with van der Waals surface area (Å²) in [4.78, 5) is 27.3. The number of ether oxygens (including phenoxy) is 1. The number of hydrogen-bond acceptors (Lipinski definition) is 8. The fraction of sp³-hybridized carbons (Fsp3) is 0.353. The molecule has 1 atom stereocenters. The summed E-state index contributed by atoms with van der Waals surface area (Å²) in [7, 11) is 0. The molecule has 0 saturated heterocycles. The summed E-state index contributed by atoms with van der Waals surface area (Å²) in [5.74, 6) is -1.09. The number of nitrogens with zero attached hydrogens (tertiary/aromatic N) is 3. The maximum Gasteiger partial charge on any atom is 0.273 e. The molecular weight excluding hydrogens is 350 g/mol. The Morgan fingerprint density at radius 2 is 2.07 bits per heavy atom. The summed E-state index contributed by atoms with van der Waals surface area (Å²) in [5.41, 5.74) is 13.6. The van der Waals surface area contributed by atoms with E-state index in [1.54, 1.807) is 6.92 Å². The molecular formula is C17H21N7O3. The minimum absolute atomic E-state index is 0.0690. The number of hydrogen-bond donors (Lipinski definition) is 4. The first kappa shape index (κ1) is 18.5. The van der Waals surface area contributed by atoms with Crippen LogP contribution in [0.3, 0.4) is 0 Å². The van der Waals surface area contributed by atoms with Gasteiger partial charge in [0.05, 0.1) is 13.2 Å². The highest BCUT2D eigenvalue weighted by Crippen LogP contribution is 2.24. The molecule has 1 aromatic carbocycles. The van der Waals surface area contributed by atoms with Crippen molar-refractivity contribution in [3.05, 3.63) is 35.0 Å². The Morgan fingerprint density at radius 1 is 1.26 bits per heavy atom. The highest BCUT2D eigenvalue weighted by atomic mass is 16.5. The standard InChI is InChI=1S/C17H21N7O3/c1-2-12(14(18)25)21-17-22-16(13(15(19)26)23-24-17)20-11-4-3-10-8-27-6-5-9(10)7-11/h3-4,7,12H,2,5-6,8H2,1H3,(H2,18,25)(H2,19,26)(H2,20,21,22,24)/t12-/m1/s1. The summed E-state index contributed by atoms with van der Waals surface area (Å²) in [6, 6.07) is 5.12. The van der Waals surface area contributed by atoms with Crippen molar-refractivity contribution < 1.29 is 14.3 Å². The molecule has 0 fully saturated rings. The monoisotopic (exact) mass is 371 g/mol. The molecule has 1 aromatic heterocycles. The summed E-state index contributed by atoms with van der Waals surface area (Å²) in [5, 5.41) is 13.5.